The molecule has 5 rings (SSSR count). The van der Waals surface area contributed by atoms with Crippen molar-refractivity contribution in [3.63, 3.8) is 0 Å². The van der Waals surface area contributed by atoms with E-state index in [0.29, 0.717) is 35.9 Å². The molecule has 33 heavy (non-hydrogen) atoms. The summed E-state index contributed by atoms with van der Waals surface area (Å²) in [6, 6.07) is 21.6. The molecule has 6 nitrogen and oxygen atoms in total. The number of benzene rings is 2. The van der Waals surface area contributed by atoms with Crippen LogP contribution in [0.5, 0.6) is 0 Å². The zero-order valence-electron chi connectivity index (χ0n) is 18.1. The molecule has 4 aromatic rings. The number of carbonyl (C=O) groups excluding carboxylic acids is 1. The standard InChI is InChI=1S/C26H24ClN5O/c27-24-9-5-4-8-21(24)18-32-19-23(25(29-32)20-6-2-1-3-7-20)26(33)31-16-14-30(15-17-31)22-10-12-28-13-11-22/h1-13,19H,14-18H2. The summed E-state index contributed by atoms with van der Waals surface area (Å²) in [4.78, 5) is 21.9. The number of amides is 1. The van der Waals surface area contributed by atoms with Crippen LogP contribution in [0.25, 0.3) is 11.3 Å². The van der Waals surface area contributed by atoms with Crippen LogP contribution >= 0.6 is 11.6 Å². The molecule has 0 radical (unpaired) electrons. The lowest BCUT2D eigenvalue weighted by atomic mass is 10.1. The Morgan fingerprint density at radius 2 is 1.58 bits per heavy atom. The van der Waals surface area contributed by atoms with E-state index in [9.17, 15) is 4.79 Å². The van der Waals surface area contributed by atoms with Gasteiger partial charge in [0.05, 0.1) is 12.1 Å². The second-order valence-corrected chi connectivity index (χ2v) is 8.44. The summed E-state index contributed by atoms with van der Waals surface area (Å²) in [5, 5.41) is 5.48. The van der Waals surface area contributed by atoms with Gasteiger partial charge in [-0.1, -0.05) is 60.1 Å². The number of pyridine rings is 1. The van der Waals surface area contributed by atoms with E-state index >= 15 is 0 Å². The van der Waals surface area contributed by atoms with Crippen LogP contribution in [0.1, 0.15) is 15.9 Å². The Morgan fingerprint density at radius 1 is 0.879 bits per heavy atom. The van der Waals surface area contributed by atoms with Crippen LogP contribution in [-0.2, 0) is 6.54 Å². The molecule has 1 saturated heterocycles. The van der Waals surface area contributed by atoms with E-state index in [2.05, 4.69) is 9.88 Å². The van der Waals surface area contributed by atoms with Crippen molar-refractivity contribution in [2.24, 2.45) is 0 Å². The highest BCUT2D eigenvalue weighted by molar-refractivity contribution is 6.31. The minimum Gasteiger partial charge on any atom is -0.368 e. The molecule has 1 aliphatic rings. The van der Waals surface area contributed by atoms with Crippen molar-refractivity contribution in [1.82, 2.24) is 19.7 Å². The van der Waals surface area contributed by atoms with Gasteiger partial charge in [-0.3, -0.25) is 14.5 Å². The number of nitrogens with zero attached hydrogens (tertiary/aromatic N) is 5. The monoisotopic (exact) mass is 457 g/mol. The van der Waals surface area contributed by atoms with Crippen LogP contribution in [0, 0.1) is 0 Å². The molecular formula is C26H24ClN5O. The molecule has 1 aliphatic heterocycles. The maximum atomic E-state index is 13.6. The molecule has 3 heterocycles. The van der Waals surface area contributed by atoms with Gasteiger partial charge in [-0.25, -0.2) is 0 Å². The maximum absolute atomic E-state index is 13.6. The van der Waals surface area contributed by atoms with Gasteiger partial charge < -0.3 is 9.80 Å². The zero-order chi connectivity index (χ0) is 22.6. The van der Waals surface area contributed by atoms with Gasteiger partial charge >= 0.3 is 0 Å². The summed E-state index contributed by atoms with van der Waals surface area (Å²) in [5.74, 6) is 0.00800. The molecule has 2 aromatic heterocycles. The van der Waals surface area contributed by atoms with Gasteiger partial charge in [0, 0.05) is 61.0 Å². The van der Waals surface area contributed by atoms with Crippen LogP contribution in [0.2, 0.25) is 5.02 Å². The van der Waals surface area contributed by atoms with Crippen LogP contribution in [-0.4, -0.2) is 51.8 Å². The smallest absolute Gasteiger partial charge is 0.257 e. The van der Waals surface area contributed by atoms with Crippen molar-refractivity contribution in [3.05, 3.63) is 101 Å². The van der Waals surface area contributed by atoms with Crippen molar-refractivity contribution in [1.29, 1.82) is 0 Å². The minimum atomic E-state index is 0.00800. The highest BCUT2D eigenvalue weighted by Crippen LogP contribution is 2.26. The Balaban J connectivity index is 1.40. The van der Waals surface area contributed by atoms with Gasteiger partial charge in [-0.05, 0) is 23.8 Å². The molecule has 0 bridgehead atoms. The zero-order valence-corrected chi connectivity index (χ0v) is 18.9. The van der Waals surface area contributed by atoms with E-state index in [1.807, 2.05) is 82.5 Å². The predicted molar refractivity (Wildman–Crippen MR) is 131 cm³/mol. The fraction of sp³-hybridized carbons (Fsp3) is 0.192. The Kier molecular flexibility index (Phi) is 6.09. The van der Waals surface area contributed by atoms with E-state index in [4.69, 9.17) is 16.7 Å². The predicted octanol–water partition coefficient (Wildman–Crippen LogP) is 4.61. The SMILES string of the molecule is O=C(c1cn(Cc2ccccc2Cl)nc1-c1ccccc1)N1CCN(c2ccncc2)CC1. The summed E-state index contributed by atoms with van der Waals surface area (Å²) in [6.45, 7) is 3.38. The second-order valence-electron chi connectivity index (χ2n) is 8.03. The molecule has 0 saturated carbocycles. The lowest BCUT2D eigenvalue weighted by Gasteiger charge is -2.36. The number of hydrogen-bond donors (Lipinski definition) is 0. The molecule has 0 unspecified atom stereocenters. The molecule has 1 fully saturated rings. The largest absolute Gasteiger partial charge is 0.368 e. The fourth-order valence-electron chi connectivity index (χ4n) is 4.16. The Morgan fingerprint density at radius 3 is 2.30 bits per heavy atom. The first-order valence-corrected chi connectivity index (χ1v) is 11.4. The van der Waals surface area contributed by atoms with E-state index in [1.54, 1.807) is 12.4 Å². The Hall–Kier alpha value is -3.64. The van der Waals surface area contributed by atoms with Crippen LogP contribution in [0.4, 0.5) is 5.69 Å². The van der Waals surface area contributed by atoms with Crippen LogP contribution < -0.4 is 4.90 Å². The topological polar surface area (TPSA) is 54.3 Å². The van der Waals surface area contributed by atoms with Crippen LogP contribution in [0.15, 0.2) is 85.3 Å². The van der Waals surface area contributed by atoms with Crippen molar-refractivity contribution >= 4 is 23.2 Å². The summed E-state index contributed by atoms with van der Waals surface area (Å²) in [5.41, 5.74) is 4.34. The molecule has 0 aliphatic carbocycles. The van der Waals surface area contributed by atoms with Crippen molar-refractivity contribution in [2.45, 2.75) is 6.54 Å². The normalized spacial score (nSPS) is 13.8. The van der Waals surface area contributed by atoms with Crippen molar-refractivity contribution in [3.8, 4) is 11.3 Å². The van der Waals surface area contributed by atoms with Gasteiger partial charge in [0.15, 0.2) is 0 Å². The molecule has 1 amide bonds. The number of piperazine rings is 1. The molecular weight excluding hydrogens is 434 g/mol. The van der Waals surface area contributed by atoms with E-state index in [0.717, 1.165) is 29.9 Å². The average molecular weight is 458 g/mol. The van der Waals surface area contributed by atoms with Gasteiger partial charge in [-0.2, -0.15) is 5.10 Å². The van der Waals surface area contributed by atoms with Crippen LogP contribution in [0.3, 0.4) is 0 Å². The van der Waals surface area contributed by atoms with Gasteiger partial charge in [0.2, 0.25) is 0 Å². The van der Waals surface area contributed by atoms with E-state index in [-0.39, 0.29) is 5.91 Å². The minimum absolute atomic E-state index is 0.00800. The lowest BCUT2D eigenvalue weighted by molar-refractivity contribution is 0.0747. The number of carbonyl (C=O) groups is 1. The third-order valence-corrected chi connectivity index (χ3v) is 6.29. The first-order valence-electron chi connectivity index (χ1n) is 11.0. The maximum Gasteiger partial charge on any atom is 0.257 e. The summed E-state index contributed by atoms with van der Waals surface area (Å²) in [6.07, 6.45) is 5.45. The third kappa shape index (κ3) is 4.61. The fourth-order valence-corrected chi connectivity index (χ4v) is 4.36. The summed E-state index contributed by atoms with van der Waals surface area (Å²) >= 11 is 6.36. The molecule has 0 N–H and O–H groups in total. The summed E-state index contributed by atoms with van der Waals surface area (Å²) in [7, 11) is 0. The highest BCUT2D eigenvalue weighted by Gasteiger charge is 2.26. The third-order valence-electron chi connectivity index (χ3n) is 5.92. The number of rotatable bonds is 5. The Labute approximate surface area is 198 Å². The molecule has 0 spiro atoms. The van der Waals surface area contributed by atoms with E-state index < -0.39 is 0 Å². The molecule has 7 heteroatoms. The van der Waals surface area contributed by atoms with E-state index in [1.165, 1.54) is 0 Å². The molecule has 166 valence electrons. The summed E-state index contributed by atoms with van der Waals surface area (Å²) < 4.78 is 1.81. The molecule has 0 atom stereocenters. The van der Waals surface area contributed by atoms with Gasteiger partial charge in [0.1, 0.15) is 5.69 Å². The molecule has 2 aromatic carbocycles. The highest BCUT2D eigenvalue weighted by atomic mass is 35.5. The first-order chi connectivity index (χ1) is 16.2. The second kappa shape index (κ2) is 9.46. The lowest BCUT2D eigenvalue weighted by Crippen LogP contribution is -2.48. The Bertz CT molecular complexity index is 1230. The van der Waals surface area contributed by atoms with Gasteiger partial charge in [-0.15, -0.1) is 0 Å². The number of halogens is 1. The number of anilines is 1. The number of aromatic nitrogens is 3. The quantitative estimate of drug-likeness (QED) is 0.439. The average Bonchev–Trinajstić information content (AvgIpc) is 3.30. The van der Waals surface area contributed by atoms with Crippen molar-refractivity contribution < 1.29 is 4.79 Å². The first kappa shape index (κ1) is 21.2. The van der Waals surface area contributed by atoms with Gasteiger partial charge in [0.25, 0.3) is 5.91 Å². The van der Waals surface area contributed by atoms with Crippen molar-refractivity contribution in [2.75, 3.05) is 31.1 Å². The number of hydrogen-bond acceptors (Lipinski definition) is 4.